The van der Waals surface area contributed by atoms with Crippen LogP contribution >= 0.6 is 0 Å². The number of rotatable bonds is 4. The minimum absolute atomic E-state index is 0.369. The number of ether oxygens (including phenoxy) is 4. The van der Waals surface area contributed by atoms with Crippen molar-refractivity contribution in [2.45, 2.75) is 23.7 Å². The molecule has 0 heterocycles. The molecule has 0 aliphatic heterocycles. The Kier molecular flexibility index (Phi) is 6.92. The lowest BCUT2D eigenvalue weighted by Crippen LogP contribution is -2.37. The van der Waals surface area contributed by atoms with Crippen LogP contribution in [0.1, 0.15) is 45.9 Å². The molecule has 2 aromatic rings. The molecule has 8 heteroatoms. The van der Waals surface area contributed by atoms with Gasteiger partial charge in [0, 0.05) is 0 Å². The van der Waals surface area contributed by atoms with Gasteiger partial charge in [-0.1, -0.05) is 48.5 Å². The van der Waals surface area contributed by atoms with Gasteiger partial charge in [-0.2, -0.15) is 0 Å². The predicted molar refractivity (Wildman–Crippen MR) is 112 cm³/mol. The van der Waals surface area contributed by atoms with Crippen molar-refractivity contribution in [3.05, 3.63) is 70.8 Å². The molecule has 4 atom stereocenters. The minimum Gasteiger partial charge on any atom is -0.469 e. The highest BCUT2D eigenvalue weighted by Gasteiger charge is 2.48. The summed E-state index contributed by atoms with van der Waals surface area (Å²) in [6.07, 6.45) is 0. The lowest BCUT2D eigenvalue weighted by molar-refractivity contribution is -0.152. The molecule has 0 aromatic heterocycles. The van der Waals surface area contributed by atoms with Gasteiger partial charge >= 0.3 is 23.9 Å². The van der Waals surface area contributed by atoms with Gasteiger partial charge in [0.15, 0.2) is 0 Å². The van der Waals surface area contributed by atoms with E-state index in [1.54, 1.807) is 48.5 Å². The molecule has 4 unspecified atom stereocenters. The standard InChI is InChI=1S/C24H24O8/c1-29-21(25)17-13-9-5-6-10-14(13)19(23(27)31-3)20(24(28)32-4)16-12-8-7-11-15(16)18(17)22(26)30-2/h5-12,17-20H,1-4H3. The van der Waals surface area contributed by atoms with Crippen molar-refractivity contribution in [3.63, 3.8) is 0 Å². The van der Waals surface area contributed by atoms with Crippen molar-refractivity contribution in [2.24, 2.45) is 0 Å². The van der Waals surface area contributed by atoms with Crippen LogP contribution in [-0.2, 0) is 38.1 Å². The maximum Gasteiger partial charge on any atom is 0.314 e. The van der Waals surface area contributed by atoms with Gasteiger partial charge in [0.05, 0.1) is 52.1 Å². The van der Waals surface area contributed by atoms with E-state index in [0.29, 0.717) is 22.3 Å². The fourth-order valence-corrected chi connectivity index (χ4v) is 4.43. The smallest absolute Gasteiger partial charge is 0.314 e. The van der Waals surface area contributed by atoms with E-state index in [1.807, 2.05) is 0 Å². The number of carbonyl (C=O) groups is 4. The van der Waals surface area contributed by atoms with E-state index >= 15 is 0 Å². The Labute approximate surface area is 185 Å². The van der Waals surface area contributed by atoms with Gasteiger partial charge in [-0.3, -0.25) is 19.2 Å². The molecular weight excluding hydrogens is 416 g/mol. The third kappa shape index (κ3) is 3.84. The summed E-state index contributed by atoms with van der Waals surface area (Å²) in [6.45, 7) is 0. The minimum atomic E-state index is -1.12. The summed E-state index contributed by atoms with van der Waals surface area (Å²) in [5.74, 6) is -7.17. The summed E-state index contributed by atoms with van der Waals surface area (Å²) in [6, 6.07) is 13.2. The molecule has 0 fully saturated rings. The number of carbonyl (C=O) groups excluding carboxylic acids is 4. The number of esters is 4. The Hall–Kier alpha value is -3.68. The molecule has 3 rings (SSSR count). The van der Waals surface area contributed by atoms with Crippen molar-refractivity contribution in [2.75, 3.05) is 28.4 Å². The highest BCUT2D eigenvalue weighted by Crippen LogP contribution is 2.48. The summed E-state index contributed by atoms with van der Waals surface area (Å²) in [5, 5.41) is 0. The number of fused-ring (bicyclic) bond motifs is 2. The van der Waals surface area contributed by atoms with Crippen LogP contribution in [0, 0.1) is 0 Å². The maximum atomic E-state index is 13.0. The first-order valence-corrected chi connectivity index (χ1v) is 9.90. The molecule has 1 aliphatic rings. The summed E-state index contributed by atoms with van der Waals surface area (Å²) in [7, 11) is 4.88. The van der Waals surface area contributed by atoms with E-state index in [1.165, 1.54) is 28.4 Å². The molecule has 0 bridgehead atoms. The van der Waals surface area contributed by atoms with Crippen molar-refractivity contribution in [1.82, 2.24) is 0 Å². The van der Waals surface area contributed by atoms with E-state index in [2.05, 4.69) is 0 Å². The Balaban J connectivity index is 2.48. The van der Waals surface area contributed by atoms with E-state index < -0.39 is 47.5 Å². The third-order valence-corrected chi connectivity index (χ3v) is 5.82. The second kappa shape index (κ2) is 9.64. The van der Waals surface area contributed by atoms with Gasteiger partial charge in [-0.05, 0) is 22.3 Å². The Bertz CT molecular complexity index is 878. The van der Waals surface area contributed by atoms with Gasteiger partial charge in [-0.25, -0.2) is 0 Å². The van der Waals surface area contributed by atoms with E-state index in [9.17, 15) is 19.2 Å². The number of methoxy groups -OCH3 is 4. The molecule has 8 nitrogen and oxygen atoms in total. The van der Waals surface area contributed by atoms with Gasteiger partial charge < -0.3 is 18.9 Å². The number of benzene rings is 2. The molecule has 2 aromatic carbocycles. The van der Waals surface area contributed by atoms with Gasteiger partial charge in [0.1, 0.15) is 0 Å². The number of hydrogen-bond acceptors (Lipinski definition) is 8. The van der Waals surface area contributed by atoms with Crippen molar-refractivity contribution < 1.29 is 38.1 Å². The highest BCUT2D eigenvalue weighted by molar-refractivity contribution is 5.95. The van der Waals surface area contributed by atoms with Crippen LogP contribution in [0.25, 0.3) is 0 Å². The summed E-state index contributed by atoms with van der Waals surface area (Å²) < 4.78 is 20.2. The molecule has 1 aliphatic carbocycles. The Morgan fingerprint density at radius 2 is 0.656 bits per heavy atom. The Morgan fingerprint density at radius 1 is 0.469 bits per heavy atom. The summed E-state index contributed by atoms with van der Waals surface area (Å²) in [4.78, 5) is 52.1. The number of hydrogen-bond donors (Lipinski definition) is 0. The maximum absolute atomic E-state index is 13.0. The third-order valence-electron chi connectivity index (χ3n) is 5.82. The SMILES string of the molecule is COC(=O)C1c2ccccc2C(C(=O)OC)C(C(=O)OC)c2ccccc2C1C(=O)OC. The fraction of sp³-hybridized carbons (Fsp3) is 0.333. The molecule has 0 amide bonds. The first-order valence-electron chi connectivity index (χ1n) is 9.90. The second-order valence-corrected chi connectivity index (χ2v) is 7.26. The predicted octanol–water partition coefficient (Wildman–Crippen LogP) is 2.43. The fourth-order valence-electron chi connectivity index (χ4n) is 4.43. The topological polar surface area (TPSA) is 105 Å². The zero-order chi connectivity index (χ0) is 23.4. The van der Waals surface area contributed by atoms with Crippen LogP contribution < -0.4 is 0 Å². The van der Waals surface area contributed by atoms with E-state index in [0.717, 1.165) is 0 Å². The quantitative estimate of drug-likeness (QED) is 0.527. The zero-order valence-corrected chi connectivity index (χ0v) is 18.2. The van der Waals surface area contributed by atoms with Gasteiger partial charge in [0.2, 0.25) is 0 Å². The van der Waals surface area contributed by atoms with E-state index in [-0.39, 0.29) is 0 Å². The first kappa shape index (κ1) is 23.0. The molecule has 32 heavy (non-hydrogen) atoms. The molecule has 0 radical (unpaired) electrons. The molecule has 0 spiro atoms. The zero-order valence-electron chi connectivity index (χ0n) is 18.2. The monoisotopic (exact) mass is 440 g/mol. The average molecular weight is 440 g/mol. The highest BCUT2D eigenvalue weighted by atomic mass is 16.5. The molecular formula is C24H24O8. The lowest BCUT2D eigenvalue weighted by Gasteiger charge is -2.35. The van der Waals surface area contributed by atoms with Crippen molar-refractivity contribution >= 4 is 23.9 Å². The van der Waals surface area contributed by atoms with E-state index in [4.69, 9.17) is 18.9 Å². The van der Waals surface area contributed by atoms with Crippen LogP contribution in [-0.4, -0.2) is 52.3 Å². The molecule has 0 saturated carbocycles. The van der Waals surface area contributed by atoms with Crippen LogP contribution in [0.2, 0.25) is 0 Å². The van der Waals surface area contributed by atoms with Crippen LogP contribution in [0.5, 0.6) is 0 Å². The molecule has 0 N–H and O–H groups in total. The van der Waals surface area contributed by atoms with Crippen LogP contribution in [0.3, 0.4) is 0 Å². The molecule has 0 saturated heterocycles. The summed E-state index contributed by atoms with van der Waals surface area (Å²) >= 11 is 0. The largest absolute Gasteiger partial charge is 0.469 e. The second-order valence-electron chi connectivity index (χ2n) is 7.26. The van der Waals surface area contributed by atoms with Crippen LogP contribution in [0.15, 0.2) is 48.5 Å². The lowest BCUT2D eigenvalue weighted by atomic mass is 9.68. The average Bonchev–Trinajstić information content (AvgIpc) is 2.83. The van der Waals surface area contributed by atoms with Gasteiger partial charge in [-0.15, -0.1) is 0 Å². The first-order chi connectivity index (χ1) is 15.4. The van der Waals surface area contributed by atoms with Gasteiger partial charge in [0.25, 0.3) is 0 Å². The van der Waals surface area contributed by atoms with Crippen molar-refractivity contribution in [1.29, 1.82) is 0 Å². The normalized spacial score (nSPS) is 21.6. The van der Waals surface area contributed by atoms with Crippen molar-refractivity contribution in [3.8, 4) is 0 Å². The molecule has 168 valence electrons. The summed E-state index contributed by atoms with van der Waals surface area (Å²) in [5.41, 5.74) is 1.48. The van der Waals surface area contributed by atoms with Crippen LogP contribution in [0.4, 0.5) is 0 Å². The Morgan fingerprint density at radius 3 is 0.812 bits per heavy atom.